The van der Waals surface area contributed by atoms with E-state index >= 15 is 0 Å². The summed E-state index contributed by atoms with van der Waals surface area (Å²) >= 11 is 0. The molecule has 1 atom stereocenters. The average molecular weight is 344 g/mol. The van der Waals surface area contributed by atoms with Gasteiger partial charge in [-0.25, -0.2) is 9.89 Å². The van der Waals surface area contributed by atoms with E-state index < -0.39 is 0 Å². The van der Waals surface area contributed by atoms with E-state index in [1.165, 1.54) is 11.3 Å². The summed E-state index contributed by atoms with van der Waals surface area (Å²) in [4.78, 5) is 30.3. The number of hydrogen-bond acceptors (Lipinski definition) is 5. The molecule has 1 aromatic carbocycles. The number of anilines is 1. The highest BCUT2D eigenvalue weighted by Crippen LogP contribution is 2.17. The quantitative estimate of drug-likeness (QED) is 0.730. The standard InChI is InChI=1S/C17H24N6O2/c1-12-4-3-5-14(10-12)23-8-6-22(7-9-23)11-15(24)18-13(2)16-19-17(25)21-20-16/h3-5,10,13H,6-9,11H2,1-2H3,(H,18,24)(H2,19,20,21,25)/t13-/m1/s1. The van der Waals surface area contributed by atoms with Crippen molar-refractivity contribution in [3.05, 3.63) is 46.1 Å². The van der Waals surface area contributed by atoms with E-state index in [9.17, 15) is 9.59 Å². The van der Waals surface area contributed by atoms with E-state index in [2.05, 4.69) is 61.5 Å². The van der Waals surface area contributed by atoms with Crippen molar-refractivity contribution >= 4 is 11.6 Å². The fourth-order valence-electron chi connectivity index (χ4n) is 3.04. The van der Waals surface area contributed by atoms with Crippen LogP contribution in [0.5, 0.6) is 0 Å². The molecule has 0 aliphatic carbocycles. The molecule has 1 saturated heterocycles. The SMILES string of the molecule is Cc1cccc(N2CCN(CC(=O)N[C@H](C)c3n[nH]c(=O)[nH]3)CC2)c1. The van der Waals surface area contributed by atoms with E-state index in [0.717, 1.165) is 26.2 Å². The minimum atomic E-state index is -0.372. The molecule has 0 unspecified atom stereocenters. The summed E-state index contributed by atoms with van der Waals surface area (Å²) in [7, 11) is 0. The first-order chi connectivity index (χ1) is 12.0. The first kappa shape index (κ1) is 17.2. The number of rotatable bonds is 5. The number of benzene rings is 1. The Kier molecular flexibility index (Phi) is 5.18. The van der Waals surface area contributed by atoms with Gasteiger partial charge in [-0.05, 0) is 31.5 Å². The Labute approximate surface area is 146 Å². The number of aryl methyl sites for hydroxylation is 1. The minimum Gasteiger partial charge on any atom is -0.369 e. The van der Waals surface area contributed by atoms with Crippen LogP contribution in [0.1, 0.15) is 24.4 Å². The molecule has 8 nitrogen and oxygen atoms in total. The predicted molar refractivity (Wildman–Crippen MR) is 95.6 cm³/mol. The van der Waals surface area contributed by atoms with Gasteiger partial charge < -0.3 is 10.2 Å². The van der Waals surface area contributed by atoms with E-state index in [0.29, 0.717) is 12.4 Å². The number of nitrogens with zero attached hydrogens (tertiary/aromatic N) is 3. The lowest BCUT2D eigenvalue weighted by atomic mass is 10.2. The second kappa shape index (κ2) is 7.52. The topological polar surface area (TPSA) is 97.1 Å². The van der Waals surface area contributed by atoms with Crippen LogP contribution in [0.4, 0.5) is 5.69 Å². The molecule has 2 aromatic rings. The largest absolute Gasteiger partial charge is 0.369 e. The Morgan fingerprint density at radius 2 is 2.08 bits per heavy atom. The van der Waals surface area contributed by atoms with Gasteiger partial charge in [-0.2, -0.15) is 5.10 Å². The third-order valence-corrected chi connectivity index (χ3v) is 4.41. The molecular formula is C17H24N6O2. The summed E-state index contributed by atoms with van der Waals surface area (Å²) in [6.45, 7) is 7.72. The second-order valence-corrected chi connectivity index (χ2v) is 6.45. The monoisotopic (exact) mass is 344 g/mol. The molecule has 0 saturated carbocycles. The lowest BCUT2D eigenvalue weighted by Crippen LogP contribution is -2.49. The lowest BCUT2D eigenvalue weighted by molar-refractivity contribution is -0.123. The van der Waals surface area contributed by atoms with Crippen molar-refractivity contribution in [1.29, 1.82) is 0 Å². The van der Waals surface area contributed by atoms with Crippen molar-refractivity contribution in [2.75, 3.05) is 37.6 Å². The zero-order chi connectivity index (χ0) is 17.8. The first-order valence-electron chi connectivity index (χ1n) is 8.49. The summed E-state index contributed by atoms with van der Waals surface area (Å²) in [5, 5.41) is 9.00. The molecular weight excluding hydrogens is 320 g/mol. The molecule has 3 rings (SSSR count). The molecule has 3 N–H and O–H groups in total. The van der Waals surface area contributed by atoms with Crippen molar-refractivity contribution in [3.8, 4) is 0 Å². The van der Waals surface area contributed by atoms with Gasteiger partial charge in [0.05, 0.1) is 12.6 Å². The number of H-pyrrole nitrogens is 2. The number of hydrogen-bond donors (Lipinski definition) is 3. The summed E-state index contributed by atoms with van der Waals surface area (Å²) < 4.78 is 0. The van der Waals surface area contributed by atoms with Gasteiger partial charge in [0, 0.05) is 31.9 Å². The fourth-order valence-corrected chi connectivity index (χ4v) is 3.04. The van der Waals surface area contributed by atoms with E-state index in [4.69, 9.17) is 0 Å². The molecule has 0 bridgehead atoms. The zero-order valence-corrected chi connectivity index (χ0v) is 14.6. The Hall–Kier alpha value is -2.61. The van der Waals surface area contributed by atoms with Gasteiger partial charge in [-0.3, -0.25) is 14.7 Å². The van der Waals surface area contributed by atoms with E-state index in [-0.39, 0.29) is 17.6 Å². The Bertz CT molecular complexity index is 775. The average Bonchev–Trinajstić information content (AvgIpc) is 3.02. The molecule has 2 heterocycles. The van der Waals surface area contributed by atoms with Crippen LogP contribution in [0.15, 0.2) is 29.1 Å². The van der Waals surface area contributed by atoms with Gasteiger partial charge >= 0.3 is 5.69 Å². The van der Waals surface area contributed by atoms with Crippen LogP contribution < -0.4 is 15.9 Å². The molecule has 0 radical (unpaired) electrons. The van der Waals surface area contributed by atoms with Gasteiger partial charge in [0.15, 0.2) is 5.82 Å². The zero-order valence-electron chi connectivity index (χ0n) is 14.6. The lowest BCUT2D eigenvalue weighted by Gasteiger charge is -2.36. The van der Waals surface area contributed by atoms with Crippen LogP contribution in [0.2, 0.25) is 0 Å². The number of aromatic amines is 2. The molecule has 1 aromatic heterocycles. The van der Waals surface area contributed by atoms with Crippen LogP contribution in [0.3, 0.4) is 0 Å². The van der Waals surface area contributed by atoms with Crippen LogP contribution in [0.25, 0.3) is 0 Å². The number of amides is 1. The third kappa shape index (κ3) is 4.48. The molecule has 8 heteroatoms. The Morgan fingerprint density at radius 3 is 2.72 bits per heavy atom. The van der Waals surface area contributed by atoms with Crippen LogP contribution >= 0.6 is 0 Å². The number of nitrogens with one attached hydrogen (secondary N) is 3. The molecule has 1 fully saturated rings. The maximum absolute atomic E-state index is 12.2. The summed E-state index contributed by atoms with van der Waals surface area (Å²) in [5.74, 6) is 0.364. The van der Waals surface area contributed by atoms with Crippen LogP contribution in [-0.4, -0.2) is 58.7 Å². The van der Waals surface area contributed by atoms with Gasteiger partial charge in [-0.15, -0.1) is 0 Å². The van der Waals surface area contributed by atoms with Crippen molar-refractivity contribution in [2.24, 2.45) is 0 Å². The van der Waals surface area contributed by atoms with Crippen molar-refractivity contribution in [3.63, 3.8) is 0 Å². The molecule has 134 valence electrons. The summed E-state index contributed by atoms with van der Waals surface area (Å²) in [5.41, 5.74) is 2.12. The smallest absolute Gasteiger partial charge is 0.340 e. The van der Waals surface area contributed by atoms with Crippen molar-refractivity contribution in [1.82, 2.24) is 25.4 Å². The molecule has 1 aliphatic rings. The molecule has 25 heavy (non-hydrogen) atoms. The van der Waals surface area contributed by atoms with Gasteiger partial charge in [-0.1, -0.05) is 12.1 Å². The Balaban J connectivity index is 1.47. The molecule has 1 aliphatic heterocycles. The van der Waals surface area contributed by atoms with Crippen molar-refractivity contribution in [2.45, 2.75) is 19.9 Å². The van der Waals surface area contributed by atoms with Crippen molar-refractivity contribution < 1.29 is 4.79 Å². The fraction of sp³-hybridized carbons (Fsp3) is 0.471. The first-order valence-corrected chi connectivity index (χ1v) is 8.49. The number of carbonyl (C=O) groups excluding carboxylic acids is 1. The second-order valence-electron chi connectivity index (χ2n) is 6.45. The number of aromatic nitrogens is 3. The minimum absolute atomic E-state index is 0.0691. The maximum atomic E-state index is 12.2. The third-order valence-electron chi connectivity index (χ3n) is 4.41. The normalized spacial score (nSPS) is 16.6. The molecule has 1 amide bonds. The number of carbonyl (C=O) groups is 1. The Morgan fingerprint density at radius 1 is 1.32 bits per heavy atom. The van der Waals surface area contributed by atoms with E-state index in [1.807, 2.05) is 0 Å². The highest BCUT2D eigenvalue weighted by atomic mass is 16.2. The van der Waals surface area contributed by atoms with Gasteiger partial charge in [0.2, 0.25) is 5.91 Å². The highest BCUT2D eigenvalue weighted by molar-refractivity contribution is 5.78. The van der Waals surface area contributed by atoms with Crippen LogP contribution in [0, 0.1) is 6.92 Å². The summed E-state index contributed by atoms with van der Waals surface area (Å²) in [6.07, 6.45) is 0. The number of piperazine rings is 1. The van der Waals surface area contributed by atoms with Crippen LogP contribution in [-0.2, 0) is 4.79 Å². The molecule has 0 spiro atoms. The van der Waals surface area contributed by atoms with Gasteiger partial charge in [0.1, 0.15) is 0 Å². The van der Waals surface area contributed by atoms with E-state index in [1.54, 1.807) is 6.92 Å². The maximum Gasteiger partial charge on any atom is 0.340 e. The highest BCUT2D eigenvalue weighted by Gasteiger charge is 2.20. The predicted octanol–water partition coefficient (Wildman–Crippen LogP) is 0.406. The van der Waals surface area contributed by atoms with Gasteiger partial charge in [0.25, 0.3) is 0 Å². The summed E-state index contributed by atoms with van der Waals surface area (Å²) in [6, 6.07) is 8.15.